The average molecular weight is 276 g/mol. The molecule has 0 aliphatic carbocycles. The number of nitrogens with zero attached hydrogens (tertiary/aromatic N) is 1. The van der Waals surface area contributed by atoms with Crippen molar-refractivity contribution in [3.05, 3.63) is 35.9 Å². The molecule has 1 aliphatic rings. The van der Waals surface area contributed by atoms with Crippen molar-refractivity contribution in [1.82, 2.24) is 4.90 Å². The van der Waals surface area contributed by atoms with E-state index in [2.05, 4.69) is 11.8 Å². The minimum atomic E-state index is -0.234. The number of rotatable bonds is 4. The summed E-state index contributed by atoms with van der Waals surface area (Å²) in [4.78, 5) is 14.3. The van der Waals surface area contributed by atoms with Crippen LogP contribution in [0.5, 0.6) is 0 Å². The number of hydrogen-bond donors (Lipinski definition) is 1. The van der Waals surface area contributed by atoms with Gasteiger partial charge in [0.25, 0.3) is 0 Å². The molecular formula is C16H24N2O2. The third-order valence-corrected chi connectivity index (χ3v) is 4.23. The first-order chi connectivity index (χ1) is 9.61. The summed E-state index contributed by atoms with van der Waals surface area (Å²) in [6.45, 7) is 4.71. The number of ether oxygens (including phenoxy) is 1. The Bertz CT molecular complexity index is 435. The lowest BCUT2D eigenvalue weighted by Gasteiger charge is -2.36. The van der Waals surface area contributed by atoms with Gasteiger partial charge < -0.3 is 15.4 Å². The lowest BCUT2D eigenvalue weighted by atomic mass is 9.92. The van der Waals surface area contributed by atoms with Gasteiger partial charge in [0.15, 0.2) is 0 Å². The summed E-state index contributed by atoms with van der Waals surface area (Å²) in [5.41, 5.74) is 7.14. The number of benzene rings is 1. The van der Waals surface area contributed by atoms with Crippen molar-refractivity contribution in [2.75, 3.05) is 26.7 Å². The quantitative estimate of drug-likeness (QED) is 0.849. The normalized spacial score (nSPS) is 25.1. The summed E-state index contributed by atoms with van der Waals surface area (Å²) in [7, 11) is 1.45. The summed E-state index contributed by atoms with van der Waals surface area (Å²) in [5.74, 6) is 0.143. The van der Waals surface area contributed by atoms with Crippen LogP contribution in [-0.4, -0.2) is 43.7 Å². The number of methoxy groups -OCH3 is 1. The molecule has 110 valence electrons. The Morgan fingerprint density at radius 2 is 2.15 bits per heavy atom. The van der Waals surface area contributed by atoms with Gasteiger partial charge in [0.2, 0.25) is 0 Å². The maximum absolute atomic E-state index is 12.1. The molecule has 2 rings (SSSR count). The number of carbonyl (C=O) groups is 1. The van der Waals surface area contributed by atoms with Crippen LogP contribution in [0.2, 0.25) is 0 Å². The Balaban J connectivity index is 2.07. The van der Waals surface area contributed by atoms with Crippen molar-refractivity contribution >= 4 is 5.97 Å². The molecule has 0 saturated carbocycles. The second kappa shape index (κ2) is 6.86. The molecule has 0 spiro atoms. The van der Waals surface area contributed by atoms with Gasteiger partial charge >= 0.3 is 5.97 Å². The molecular weight excluding hydrogens is 252 g/mol. The number of carbonyl (C=O) groups excluding carboxylic acids is 1. The average Bonchev–Trinajstić information content (AvgIpc) is 2.48. The van der Waals surface area contributed by atoms with E-state index in [0.29, 0.717) is 12.5 Å². The zero-order valence-electron chi connectivity index (χ0n) is 12.3. The van der Waals surface area contributed by atoms with Gasteiger partial charge in [-0.25, -0.2) is 0 Å². The maximum atomic E-state index is 12.1. The third-order valence-electron chi connectivity index (χ3n) is 4.23. The summed E-state index contributed by atoms with van der Waals surface area (Å²) >= 11 is 0. The third kappa shape index (κ3) is 3.58. The van der Waals surface area contributed by atoms with Gasteiger partial charge in [-0.1, -0.05) is 37.3 Å². The van der Waals surface area contributed by atoms with Crippen molar-refractivity contribution in [3.8, 4) is 0 Å². The van der Waals surface area contributed by atoms with Crippen LogP contribution in [0.15, 0.2) is 30.3 Å². The molecule has 1 heterocycles. The molecule has 20 heavy (non-hydrogen) atoms. The molecule has 0 bridgehead atoms. The van der Waals surface area contributed by atoms with Gasteiger partial charge in [-0.15, -0.1) is 0 Å². The van der Waals surface area contributed by atoms with Crippen LogP contribution in [0.1, 0.15) is 24.8 Å². The van der Waals surface area contributed by atoms with Crippen molar-refractivity contribution in [2.24, 2.45) is 11.7 Å². The fraction of sp³-hybridized carbons (Fsp3) is 0.562. The molecule has 4 heteroatoms. The molecule has 1 aromatic carbocycles. The van der Waals surface area contributed by atoms with Crippen LogP contribution in [0.3, 0.4) is 0 Å². The fourth-order valence-corrected chi connectivity index (χ4v) is 2.74. The van der Waals surface area contributed by atoms with E-state index >= 15 is 0 Å². The molecule has 3 unspecified atom stereocenters. The second-order valence-corrected chi connectivity index (χ2v) is 5.68. The van der Waals surface area contributed by atoms with Crippen molar-refractivity contribution in [1.29, 1.82) is 0 Å². The zero-order valence-corrected chi connectivity index (χ0v) is 12.3. The Hall–Kier alpha value is -1.39. The predicted molar refractivity (Wildman–Crippen MR) is 79.4 cm³/mol. The lowest BCUT2D eigenvalue weighted by Crippen LogP contribution is -2.49. The van der Waals surface area contributed by atoms with Crippen LogP contribution in [0.25, 0.3) is 0 Å². The van der Waals surface area contributed by atoms with Gasteiger partial charge in [-0.05, 0) is 24.4 Å². The SMILES string of the molecule is COC(=O)C(CN1CCC(C)C(N)C1)c1ccccc1. The second-order valence-electron chi connectivity index (χ2n) is 5.68. The topological polar surface area (TPSA) is 55.6 Å². The minimum absolute atomic E-state index is 0.177. The molecule has 3 atom stereocenters. The summed E-state index contributed by atoms with van der Waals surface area (Å²) < 4.78 is 4.96. The molecule has 0 amide bonds. The van der Waals surface area contributed by atoms with Gasteiger partial charge in [-0.3, -0.25) is 4.79 Å². The van der Waals surface area contributed by atoms with Crippen LogP contribution in [0.4, 0.5) is 0 Å². The number of nitrogens with two attached hydrogens (primary N) is 1. The Morgan fingerprint density at radius 3 is 2.75 bits per heavy atom. The van der Waals surface area contributed by atoms with Gasteiger partial charge in [0.1, 0.15) is 0 Å². The Morgan fingerprint density at radius 1 is 1.45 bits per heavy atom. The van der Waals surface area contributed by atoms with Crippen LogP contribution >= 0.6 is 0 Å². The van der Waals surface area contributed by atoms with E-state index in [1.165, 1.54) is 7.11 Å². The molecule has 0 radical (unpaired) electrons. The number of hydrogen-bond acceptors (Lipinski definition) is 4. The standard InChI is InChI=1S/C16H24N2O2/c1-12-8-9-18(11-15(12)17)10-14(16(19)20-2)13-6-4-3-5-7-13/h3-7,12,14-15H,8-11,17H2,1-2H3. The molecule has 1 fully saturated rings. The molecule has 4 nitrogen and oxygen atoms in total. The van der Waals surface area contributed by atoms with E-state index in [9.17, 15) is 4.79 Å². The number of esters is 1. The molecule has 2 N–H and O–H groups in total. The Kier molecular flexibility index (Phi) is 5.15. The molecule has 1 saturated heterocycles. The van der Waals surface area contributed by atoms with Crippen LogP contribution in [-0.2, 0) is 9.53 Å². The number of piperidine rings is 1. The largest absolute Gasteiger partial charge is 0.469 e. The van der Waals surface area contributed by atoms with Crippen molar-refractivity contribution in [2.45, 2.75) is 25.3 Å². The molecule has 1 aromatic rings. The fourth-order valence-electron chi connectivity index (χ4n) is 2.74. The van der Waals surface area contributed by atoms with E-state index in [-0.39, 0.29) is 17.9 Å². The molecule has 1 aliphatic heterocycles. The highest BCUT2D eigenvalue weighted by Gasteiger charge is 2.28. The first-order valence-electron chi connectivity index (χ1n) is 7.22. The predicted octanol–water partition coefficient (Wildman–Crippen LogP) is 1.61. The number of likely N-dealkylation sites (tertiary alicyclic amines) is 1. The van der Waals surface area contributed by atoms with E-state index in [1.807, 2.05) is 30.3 Å². The highest BCUT2D eigenvalue weighted by atomic mass is 16.5. The summed E-state index contributed by atoms with van der Waals surface area (Å²) in [5, 5.41) is 0. The van der Waals surface area contributed by atoms with Gasteiger partial charge in [0.05, 0.1) is 13.0 Å². The van der Waals surface area contributed by atoms with Gasteiger partial charge in [-0.2, -0.15) is 0 Å². The smallest absolute Gasteiger partial charge is 0.314 e. The maximum Gasteiger partial charge on any atom is 0.314 e. The van der Waals surface area contributed by atoms with E-state index < -0.39 is 0 Å². The highest BCUT2D eigenvalue weighted by molar-refractivity contribution is 5.78. The van der Waals surface area contributed by atoms with Crippen molar-refractivity contribution in [3.63, 3.8) is 0 Å². The first-order valence-corrected chi connectivity index (χ1v) is 7.22. The van der Waals surface area contributed by atoms with Crippen LogP contribution in [0, 0.1) is 5.92 Å². The van der Waals surface area contributed by atoms with Crippen LogP contribution < -0.4 is 5.73 Å². The van der Waals surface area contributed by atoms with Gasteiger partial charge in [0, 0.05) is 19.1 Å². The van der Waals surface area contributed by atoms with E-state index in [1.54, 1.807) is 0 Å². The summed E-state index contributed by atoms with van der Waals surface area (Å²) in [6, 6.07) is 10.0. The molecule has 0 aromatic heterocycles. The summed E-state index contributed by atoms with van der Waals surface area (Å²) in [6.07, 6.45) is 1.09. The first kappa shape index (κ1) is 15.0. The zero-order chi connectivity index (χ0) is 14.5. The minimum Gasteiger partial charge on any atom is -0.469 e. The lowest BCUT2D eigenvalue weighted by molar-refractivity contribution is -0.143. The van der Waals surface area contributed by atoms with E-state index in [4.69, 9.17) is 10.5 Å². The Labute approximate surface area is 120 Å². The highest BCUT2D eigenvalue weighted by Crippen LogP contribution is 2.22. The monoisotopic (exact) mass is 276 g/mol. The van der Waals surface area contributed by atoms with Crippen molar-refractivity contribution < 1.29 is 9.53 Å². The van der Waals surface area contributed by atoms with E-state index in [0.717, 1.165) is 25.1 Å².